The van der Waals surface area contributed by atoms with Gasteiger partial charge in [-0.3, -0.25) is 9.52 Å². The number of amides is 1. The number of carbonyl (C=O) groups excluding carboxylic acids is 1. The largest absolute Gasteiger partial charge is 0.496 e. The average Bonchev–Trinajstić information content (AvgIpc) is 2.60. The van der Waals surface area contributed by atoms with Crippen molar-refractivity contribution >= 4 is 27.7 Å². The van der Waals surface area contributed by atoms with E-state index in [1.807, 2.05) is 25.1 Å². The normalized spacial score (nSPS) is 11.4. The van der Waals surface area contributed by atoms with Crippen LogP contribution < -0.4 is 14.8 Å². The van der Waals surface area contributed by atoms with E-state index in [9.17, 15) is 13.2 Å². The van der Waals surface area contributed by atoms with Crippen LogP contribution in [0.25, 0.3) is 6.08 Å². The molecule has 2 aromatic rings. The molecule has 0 bridgehead atoms. The number of ether oxygens (including phenoxy) is 1. The fourth-order valence-electron chi connectivity index (χ4n) is 2.53. The molecule has 2 N–H and O–H groups in total. The number of anilines is 1. The van der Waals surface area contributed by atoms with Crippen LogP contribution in [0.5, 0.6) is 5.75 Å². The van der Waals surface area contributed by atoms with E-state index < -0.39 is 10.0 Å². The van der Waals surface area contributed by atoms with Crippen LogP contribution in [0.2, 0.25) is 0 Å². The van der Waals surface area contributed by atoms with Gasteiger partial charge in [0.05, 0.1) is 13.4 Å². The minimum absolute atomic E-state index is 0.194. The van der Waals surface area contributed by atoms with E-state index in [1.165, 1.54) is 6.08 Å². The first-order chi connectivity index (χ1) is 12.8. The van der Waals surface area contributed by atoms with Crippen LogP contribution in [0.1, 0.15) is 16.7 Å². The molecule has 2 rings (SSSR count). The fourth-order valence-corrected chi connectivity index (χ4v) is 3.09. The Bertz CT molecular complexity index is 919. The highest BCUT2D eigenvalue weighted by molar-refractivity contribution is 7.92. The summed E-state index contributed by atoms with van der Waals surface area (Å²) < 4.78 is 30.1. The summed E-state index contributed by atoms with van der Waals surface area (Å²) in [6, 6.07) is 12.7. The zero-order chi connectivity index (χ0) is 19.9. The predicted molar refractivity (Wildman–Crippen MR) is 108 cm³/mol. The number of benzene rings is 2. The van der Waals surface area contributed by atoms with Gasteiger partial charge in [0.15, 0.2) is 0 Å². The Morgan fingerprint density at radius 3 is 2.48 bits per heavy atom. The number of hydrogen-bond donors (Lipinski definition) is 2. The Balaban J connectivity index is 1.86. The highest BCUT2D eigenvalue weighted by Crippen LogP contribution is 2.19. The maximum atomic E-state index is 12.0. The van der Waals surface area contributed by atoms with Gasteiger partial charge in [0.2, 0.25) is 15.9 Å². The minimum atomic E-state index is -3.30. The lowest BCUT2D eigenvalue weighted by Crippen LogP contribution is -2.23. The molecule has 0 saturated heterocycles. The van der Waals surface area contributed by atoms with Crippen LogP contribution in [0, 0.1) is 6.92 Å². The van der Waals surface area contributed by atoms with Crippen LogP contribution in [0.3, 0.4) is 0 Å². The highest BCUT2D eigenvalue weighted by Gasteiger charge is 2.04. The average molecular weight is 388 g/mol. The van der Waals surface area contributed by atoms with E-state index in [2.05, 4.69) is 10.0 Å². The number of nitrogens with one attached hydrogen (secondary N) is 2. The number of aryl methyl sites for hydroxylation is 1. The number of hydrogen-bond acceptors (Lipinski definition) is 4. The second-order valence-corrected chi connectivity index (χ2v) is 7.93. The Labute approximate surface area is 160 Å². The molecule has 7 heteroatoms. The quantitative estimate of drug-likeness (QED) is 0.681. The summed E-state index contributed by atoms with van der Waals surface area (Å²) >= 11 is 0. The van der Waals surface area contributed by atoms with Crippen LogP contribution in [-0.2, 0) is 21.2 Å². The first-order valence-corrected chi connectivity index (χ1v) is 10.3. The first-order valence-electron chi connectivity index (χ1n) is 8.44. The van der Waals surface area contributed by atoms with E-state index in [4.69, 9.17) is 4.74 Å². The van der Waals surface area contributed by atoms with Gasteiger partial charge in [0.25, 0.3) is 0 Å². The molecule has 0 aliphatic carbocycles. The monoisotopic (exact) mass is 388 g/mol. The SMILES string of the molecule is COc1ccc(C)cc1CCNC(=O)/C=C/c1ccc(NS(C)(=O)=O)cc1. The van der Waals surface area contributed by atoms with Crippen LogP contribution in [0.4, 0.5) is 5.69 Å². The van der Waals surface area contributed by atoms with Crippen molar-refractivity contribution in [3.63, 3.8) is 0 Å². The van der Waals surface area contributed by atoms with Crippen LogP contribution in [-0.4, -0.2) is 34.2 Å². The van der Waals surface area contributed by atoms with E-state index in [0.717, 1.165) is 28.7 Å². The number of sulfonamides is 1. The standard InChI is InChI=1S/C20H24N2O4S/c1-15-4-10-19(26-2)17(14-15)12-13-21-20(23)11-7-16-5-8-18(9-6-16)22-27(3,24)25/h4-11,14,22H,12-13H2,1-3H3,(H,21,23)/b11-7+. The Hall–Kier alpha value is -2.80. The van der Waals surface area contributed by atoms with Gasteiger partial charge in [-0.25, -0.2) is 8.42 Å². The summed E-state index contributed by atoms with van der Waals surface area (Å²) in [7, 11) is -1.67. The third kappa shape index (κ3) is 7.15. The molecule has 0 aliphatic rings. The Morgan fingerprint density at radius 1 is 1.15 bits per heavy atom. The molecular weight excluding hydrogens is 364 g/mol. The second-order valence-electron chi connectivity index (χ2n) is 6.19. The van der Waals surface area contributed by atoms with Gasteiger partial charge in [0.1, 0.15) is 5.75 Å². The van der Waals surface area contributed by atoms with Crippen LogP contribution in [0.15, 0.2) is 48.5 Å². The summed E-state index contributed by atoms with van der Waals surface area (Å²) in [4.78, 5) is 12.0. The van der Waals surface area contributed by atoms with E-state index in [-0.39, 0.29) is 5.91 Å². The van der Waals surface area contributed by atoms with Crippen molar-refractivity contribution in [1.29, 1.82) is 0 Å². The minimum Gasteiger partial charge on any atom is -0.496 e. The topological polar surface area (TPSA) is 84.5 Å². The predicted octanol–water partition coefficient (Wildman–Crippen LogP) is 2.75. The lowest BCUT2D eigenvalue weighted by atomic mass is 10.1. The van der Waals surface area contributed by atoms with E-state index in [1.54, 1.807) is 37.5 Å². The highest BCUT2D eigenvalue weighted by atomic mass is 32.2. The van der Waals surface area contributed by atoms with Crippen molar-refractivity contribution < 1.29 is 17.9 Å². The number of carbonyl (C=O) groups is 1. The number of methoxy groups -OCH3 is 1. The first kappa shape index (κ1) is 20.5. The van der Waals surface area contributed by atoms with Gasteiger partial charge >= 0.3 is 0 Å². The second kappa shape index (κ2) is 9.23. The summed E-state index contributed by atoms with van der Waals surface area (Å²) in [6.45, 7) is 2.52. The molecule has 2 aromatic carbocycles. The summed E-state index contributed by atoms with van der Waals surface area (Å²) in [5.74, 6) is 0.619. The van der Waals surface area contributed by atoms with Crippen molar-refractivity contribution in [3.05, 3.63) is 65.2 Å². The van der Waals surface area contributed by atoms with Gasteiger partial charge in [-0.2, -0.15) is 0 Å². The molecule has 6 nitrogen and oxygen atoms in total. The smallest absolute Gasteiger partial charge is 0.244 e. The third-order valence-corrected chi connectivity index (χ3v) is 4.38. The molecule has 0 radical (unpaired) electrons. The maximum Gasteiger partial charge on any atom is 0.244 e. The Kier molecular flexibility index (Phi) is 7.01. The molecule has 1 amide bonds. The number of rotatable bonds is 8. The molecule has 0 fully saturated rings. The van der Waals surface area contributed by atoms with Crippen molar-refractivity contribution in [3.8, 4) is 5.75 Å². The maximum absolute atomic E-state index is 12.0. The van der Waals surface area contributed by atoms with Crippen molar-refractivity contribution in [1.82, 2.24) is 5.32 Å². The summed E-state index contributed by atoms with van der Waals surface area (Å²) in [5.41, 5.74) is 3.47. The van der Waals surface area contributed by atoms with Gasteiger partial charge in [0, 0.05) is 18.3 Å². The molecule has 27 heavy (non-hydrogen) atoms. The molecule has 0 atom stereocenters. The van der Waals surface area contributed by atoms with Gasteiger partial charge in [-0.05, 0) is 48.7 Å². The molecule has 144 valence electrons. The van der Waals surface area contributed by atoms with Crippen molar-refractivity contribution in [2.45, 2.75) is 13.3 Å². The molecule has 0 heterocycles. The third-order valence-electron chi connectivity index (χ3n) is 3.77. The Morgan fingerprint density at radius 2 is 1.85 bits per heavy atom. The van der Waals surface area contributed by atoms with Crippen molar-refractivity contribution in [2.24, 2.45) is 0 Å². The lowest BCUT2D eigenvalue weighted by molar-refractivity contribution is -0.116. The summed E-state index contributed by atoms with van der Waals surface area (Å²) in [6.07, 6.45) is 4.90. The zero-order valence-corrected chi connectivity index (χ0v) is 16.5. The van der Waals surface area contributed by atoms with Gasteiger partial charge in [-0.15, -0.1) is 0 Å². The molecule has 0 aromatic heterocycles. The molecule has 0 spiro atoms. The molecular formula is C20H24N2O4S. The van der Waals surface area contributed by atoms with Gasteiger partial charge < -0.3 is 10.1 Å². The van der Waals surface area contributed by atoms with Gasteiger partial charge in [-0.1, -0.05) is 29.8 Å². The molecule has 0 unspecified atom stereocenters. The fraction of sp³-hybridized carbons (Fsp3) is 0.250. The molecule has 0 aliphatic heterocycles. The van der Waals surface area contributed by atoms with E-state index >= 15 is 0 Å². The lowest BCUT2D eigenvalue weighted by Gasteiger charge is -2.09. The van der Waals surface area contributed by atoms with Crippen molar-refractivity contribution in [2.75, 3.05) is 24.6 Å². The summed E-state index contributed by atoms with van der Waals surface area (Å²) in [5, 5.41) is 2.84. The zero-order valence-electron chi connectivity index (χ0n) is 15.7. The van der Waals surface area contributed by atoms with Crippen LogP contribution >= 0.6 is 0 Å². The molecule has 0 saturated carbocycles. The van der Waals surface area contributed by atoms with E-state index in [0.29, 0.717) is 18.7 Å².